The Morgan fingerprint density at radius 1 is 1.33 bits per heavy atom. The van der Waals surface area contributed by atoms with Crippen LogP contribution < -0.4 is 0 Å². The summed E-state index contributed by atoms with van der Waals surface area (Å²) in [6.07, 6.45) is 2.88. The summed E-state index contributed by atoms with van der Waals surface area (Å²) in [5.41, 5.74) is 2.35. The summed E-state index contributed by atoms with van der Waals surface area (Å²) in [5.74, 6) is 0. The van der Waals surface area contributed by atoms with Crippen molar-refractivity contribution < 1.29 is 4.84 Å². The zero-order valence-electron chi connectivity index (χ0n) is 9.36. The van der Waals surface area contributed by atoms with Crippen LogP contribution >= 0.6 is 0 Å². The van der Waals surface area contributed by atoms with E-state index in [0.717, 1.165) is 19.3 Å². The quantitative estimate of drug-likeness (QED) is 0.739. The Balaban J connectivity index is 2.02. The van der Waals surface area contributed by atoms with Crippen LogP contribution in [0.25, 0.3) is 0 Å². The summed E-state index contributed by atoms with van der Waals surface area (Å²) >= 11 is 0. The first kappa shape index (κ1) is 10.2. The molecular formula is C13H17NO. The highest BCUT2D eigenvalue weighted by atomic mass is 16.7. The first-order chi connectivity index (χ1) is 7.22. The van der Waals surface area contributed by atoms with Crippen LogP contribution in [-0.4, -0.2) is 11.3 Å². The van der Waals surface area contributed by atoms with Gasteiger partial charge in [-0.1, -0.05) is 42.4 Å². The fraction of sp³-hybridized carbons (Fsp3) is 0.462. The fourth-order valence-electron chi connectivity index (χ4n) is 1.98. The van der Waals surface area contributed by atoms with E-state index < -0.39 is 0 Å². The Kier molecular flexibility index (Phi) is 2.76. The maximum atomic E-state index is 5.54. The highest BCUT2D eigenvalue weighted by Gasteiger charge is 2.33. The summed E-state index contributed by atoms with van der Waals surface area (Å²) in [4.78, 5) is 5.54. The van der Waals surface area contributed by atoms with Crippen LogP contribution in [0.1, 0.15) is 32.3 Å². The van der Waals surface area contributed by atoms with Crippen LogP contribution in [0.15, 0.2) is 35.5 Å². The summed E-state index contributed by atoms with van der Waals surface area (Å²) in [6, 6.07) is 10.4. The van der Waals surface area contributed by atoms with Gasteiger partial charge in [0.25, 0.3) is 0 Å². The molecule has 0 aromatic heterocycles. The predicted octanol–water partition coefficient (Wildman–Crippen LogP) is 3.17. The number of nitrogens with zero attached hydrogens (tertiary/aromatic N) is 1. The topological polar surface area (TPSA) is 21.6 Å². The van der Waals surface area contributed by atoms with Crippen molar-refractivity contribution in [2.45, 2.75) is 38.7 Å². The van der Waals surface area contributed by atoms with Gasteiger partial charge in [-0.05, 0) is 18.9 Å². The van der Waals surface area contributed by atoms with E-state index in [1.807, 2.05) is 6.07 Å². The molecule has 0 saturated carbocycles. The van der Waals surface area contributed by atoms with Crippen LogP contribution in [0.4, 0.5) is 0 Å². The minimum Gasteiger partial charge on any atom is -0.389 e. The first-order valence-corrected chi connectivity index (χ1v) is 5.50. The molecule has 0 aliphatic carbocycles. The minimum absolute atomic E-state index is 0.132. The van der Waals surface area contributed by atoms with Crippen LogP contribution in [0.5, 0.6) is 0 Å². The Morgan fingerprint density at radius 3 is 2.67 bits per heavy atom. The lowest BCUT2D eigenvalue weighted by Gasteiger charge is -2.21. The minimum atomic E-state index is -0.132. The zero-order valence-corrected chi connectivity index (χ0v) is 9.36. The second kappa shape index (κ2) is 4.05. The zero-order chi connectivity index (χ0) is 10.7. The molecule has 2 heteroatoms. The third-order valence-corrected chi connectivity index (χ3v) is 2.80. The third-order valence-electron chi connectivity index (χ3n) is 2.80. The van der Waals surface area contributed by atoms with Gasteiger partial charge in [0.2, 0.25) is 0 Å². The number of rotatable bonds is 3. The molecule has 15 heavy (non-hydrogen) atoms. The van der Waals surface area contributed by atoms with Crippen molar-refractivity contribution in [2.24, 2.45) is 5.16 Å². The SMILES string of the molecule is CCC1=NOC(C)(Cc2ccccc2)C1. The maximum absolute atomic E-state index is 5.54. The van der Waals surface area contributed by atoms with Crippen molar-refractivity contribution in [2.75, 3.05) is 0 Å². The van der Waals surface area contributed by atoms with Gasteiger partial charge in [-0.3, -0.25) is 0 Å². The molecule has 0 fully saturated rings. The average molecular weight is 203 g/mol. The number of hydrogen-bond donors (Lipinski definition) is 0. The van der Waals surface area contributed by atoms with E-state index >= 15 is 0 Å². The van der Waals surface area contributed by atoms with Crippen molar-refractivity contribution >= 4 is 5.71 Å². The van der Waals surface area contributed by atoms with E-state index in [2.05, 4.69) is 43.3 Å². The summed E-state index contributed by atoms with van der Waals surface area (Å²) in [6.45, 7) is 4.25. The maximum Gasteiger partial charge on any atom is 0.144 e. The highest BCUT2D eigenvalue weighted by Crippen LogP contribution is 2.28. The summed E-state index contributed by atoms with van der Waals surface area (Å²) in [7, 11) is 0. The van der Waals surface area contributed by atoms with Gasteiger partial charge in [-0.25, -0.2) is 0 Å². The third kappa shape index (κ3) is 2.38. The second-order valence-corrected chi connectivity index (χ2v) is 4.39. The smallest absolute Gasteiger partial charge is 0.144 e. The molecule has 0 N–H and O–H groups in total. The molecule has 80 valence electrons. The molecule has 1 aromatic carbocycles. The van der Waals surface area contributed by atoms with Crippen LogP contribution in [-0.2, 0) is 11.3 Å². The Bertz CT molecular complexity index is 358. The molecule has 1 aromatic rings. The molecule has 0 bridgehead atoms. The Hall–Kier alpha value is -1.31. The van der Waals surface area contributed by atoms with E-state index in [0.29, 0.717) is 0 Å². The summed E-state index contributed by atoms with van der Waals surface area (Å²) in [5, 5.41) is 4.12. The van der Waals surface area contributed by atoms with Gasteiger partial charge in [0.15, 0.2) is 0 Å². The molecular weight excluding hydrogens is 186 g/mol. The molecule has 1 unspecified atom stereocenters. The van der Waals surface area contributed by atoms with E-state index in [4.69, 9.17) is 4.84 Å². The average Bonchev–Trinajstić information content (AvgIpc) is 2.61. The highest BCUT2D eigenvalue weighted by molar-refractivity contribution is 5.85. The van der Waals surface area contributed by atoms with Crippen molar-refractivity contribution in [3.63, 3.8) is 0 Å². The van der Waals surface area contributed by atoms with E-state index in [9.17, 15) is 0 Å². The molecule has 0 spiro atoms. The van der Waals surface area contributed by atoms with Gasteiger partial charge in [0.1, 0.15) is 5.60 Å². The van der Waals surface area contributed by atoms with Crippen LogP contribution in [0.2, 0.25) is 0 Å². The van der Waals surface area contributed by atoms with E-state index in [1.54, 1.807) is 0 Å². The standard InChI is InChI=1S/C13H17NO/c1-3-12-10-13(2,15-14-12)9-11-7-5-4-6-8-11/h4-8H,3,9-10H2,1-2H3. The number of hydrogen-bond acceptors (Lipinski definition) is 2. The van der Waals surface area contributed by atoms with Crippen LogP contribution in [0.3, 0.4) is 0 Å². The van der Waals surface area contributed by atoms with Gasteiger partial charge >= 0.3 is 0 Å². The first-order valence-electron chi connectivity index (χ1n) is 5.50. The molecule has 1 aliphatic heterocycles. The normalized spacial score (nSPS) is 24.8. The molecule has 0 radical (unpaired) electrons. The van der Waals surface area contributed by atoms with Gasteiger partial charge in [-0.15, -0.1) is 0 Å². The van der Waals surface area contributed by atoms with E-state index in [1.165, 1.54) is 11.3 Å². The predicted molar refractivity (Wildman–Crippen MR) is 62.0 cm³/mol. The molecule has 1 atom stereocenters. The molecule has 1 aliphatic rings. The molecule has 2 rings (SSSR count). The molecule has 1 heterocycles. The van der Waals surface area contributed by atoms with Crippen molar-refractivity contribution in [3.05, 3.63) is 35.9 Å². The van der Waals surface area contributed by atoms with Crippen molar-refractivity contribution in [1.82, 2.24) is 0 Å². The van der Waals surface area contributed by atoms with Gasteiger partial charge in [-0.2, -0.15) is 0 Å². The fourth-order valence-corrected chi connectivity index (χ4v) is 1.98. The van der Waals surface area contributed by atoms with Gasteiger partial charge in [0.05, 0.1) is 5.71 Å². The van der Waals surface area contributed by atoms with Crippen molar-refractivity contribution in [1.29, 1.82) is 0 Å². The monoisotopic (exact) mass is 203 g/mol. The molecule has 2 nitrogen and oxygen atoms in total. The number of oxime groups is 1. The molecule has 0 saturated heterocycles. The van der Waals surface area contributed by atoms with E-state index in [-0.39, 0.29) is 5.60 Å². The number of benzene rings is 1. The Morgan fingerprint density at radius 2 is 2.07 bits per heavy atom. The lowest BCUT2D eigenvalue weighted by molar-refractivity contribution is -0.00283. The lowest BCUT2D eigenvalue weighted by Crippen LogP contribution is -2.27. The van der Waals surface area contributed by atoms with Gasteiger partial charge < -0.3 is 4.84 Å². The molecule has 0 amide bonds. The van der Waals surface area contributed by atoms with Crippen LogP contribution in [0, 0.1) is 0 Å². The van der Waals surface area contributed by atoms with Crippen molar-refractivity contribution in [3.8, 4) is 0 Å². The largest absolute Gasteiger partial charge is 0.389 e. The van der Waals surface area contributed by atoms with Gasteiger partial charge in [0, 0.05) is 12.8 Å². The lowest BCUT2D eigenvalue weighted by atomic mass is 9.91. The Labute approximate surface area is 90.9 Å². The second-order valence-electron chi connectivity index (χ2n) is 4.39. The summed E-state index contributed by atoms with van der Waals surface area (Å²) < 4.78 is 0.